The van der Waals surface area contributed by atoms with Gasteiger partial charge in [-0.1, -0.05) is 12.8 Å². The number of aliphatic hydroxyl groups excluding tert-OH is 1. The summed E-state index contributed by atoms with van der Waals surface area (Å²) < 4.78 is 0. The minimum atomic E-state index is -1.40. The van der Waals surface area contributed by atoms with E-state index < -0.39 is 12.1 Å². The number of rotatable bonds is 4. The van der Waals surface area contributed by atoms with Crippen molar-refractivity contribution >= 4 is 12.0 Å². The van der Waals surface area contributed by atoms with Crippen LogP contribution in [0.1, 0.15) is 44.9 Å². The van der Waals surface area contributed by atoms with E-state index in [0.717, 1.165) is 19.4 Å². The molecule has 2 amide bonds. The van der Waals surface area contributed by atoms with Crippen LogP contribution in [-0.4, -0.2) is 52.3 Å². The van der Waals surface area contributed by atoms with Crippen LogP contribution in [0.15, 0.2) is 0 Å². The number of hydrogen-bond donors (Lipinski definition) is 3. The maximum absolute atomic E-state index is 12.2. The number of carboxylic acids is 1. The van der Waals surface area contributed by atoms with Gasteiger partial charge in [0.2, 0.25) is 0 Å². The van der Waals surface area contributed by atoms with Gasteiger partial charge in [0.25, 0.3) is 0 Å². The van der Waals surface area contributed by atoms with Gasteiger partial charge < -0.3 is 20.4 Å². The maximum Gasteiger partial charge on any atom is 0.332 e. The molecule has 0 bridgehead atoms. The van der Waals surface area contributed by atoms with Crippen molar-refractivity contribution < 1.29 is 19.8 Å². The second kappa shape index (κ2) is 6.92. The first-order valence-corrected chi connectivity index (χ1v) is 7.55. The van der Waals surface area contributed by atoms with Crippen LogP contribution in [0.2, 0.25) is 0 Å². The van der Waals surface area contributed by atoms with E-state index >= 15 is 0 Å². The van der Waals surface area contributed by atoms with Gasteiger partial charge in [-0.3, -0.25) is 0 Å². The van der Waals surface area contributed by atoms with Crippen molar-refractivity contribution in [1.29, 1.82) is 0 Å². The normalized spacial score (nSPS) is 27.6. The summed E-state index contributed by atoms with van der Waals surface area (Å²) in [6.45, 7) is 0.981. The molecular weight excluding hydrogens is 260 g/mol. The Bertz CT molecular complexity index is 359. The van der Waals surface area contributed by atoms with Crippen molar-refractivity contribution in [3.05, 3.63) is 0 Å². The number of piperidine rings is 1. The van der Waals surface area contributed by atoms with Gasteiger partial charge in [-0.05, 0) is 31.6 Å². The SMILES string of the molecule is O=C(O)[C@@H](O)CCNC(=O)N1CCCC2CCCCC21. The van der Waals surface area contributed by atoms with E-state index in [4.69, 9.17) is 5.11 Å². The zero-order chi connectivity index (χ0) is 14.5. The zero-order valence-corrected chi connectivity index (χ0v) is 11.8. The lowest BCUT2D eigenvalue weighted by molar-refractivity contribution is -0.146. The molecule has 1 aliphatic carbocycles. The average molecular weight is 284 g/mol. The molecule has 1 saturated carbocycles. The molecule has 1 saturated heterocycles. The van der Waals surface area contributed by atoms with Crippen molar-refractivity contribution in [3.8, 4) is 0 Å². The monoisotopic (exact) mass is 284 g/mol. The molecule has 0 aromatic rings. The van der Waals surface area contributed by atoms with Gasteiger partial charge in [-0.2, -0.15) is 0 Å². The third-order valence-corrected chi connectivity index (χ3v) is 4.48. The topological polar surface area (TPSA) is 89.9 Å². The van der Waals surface area contributed by atoms with Crippen LogP contribution < -0.4 is 5.32 Å². The molecule has 1 heterocycles. The second-order valence-electron chi connectivity index (χ2n) is 5.82. The van der Waals surface area contributed by atoms with Gasteiger partial charge in [-0.25, -0.2) is 9.59 Å². The van der Waals surface area contributed by atoms with E-state index in [1.54, 1.807) is 0 Å². The van der Waals surface area contributed by atoms with Crippen LogP contribution in [0, 0.1) is 5.92 Å². The summed E-state index contributed by atoms with van der Waals surface area (Å²) in [6, 6.07) is 0.237. The van der Waals surface area contributed by atoms with Crippen LogP contribution >= 0.6 is 0 Å². The lowest BCUT2D eigenvalue weighted by Crippen LogP contribution is -2.53. The molecule has 6 nitrogen and oxygen atoms in total. The number of carbonyl (C=O) groups excluding carboxylic acids is 1. The van der Waals surface area contributed by atoms with E-state index in [0.29, 0.717) is 12.0 Å². The Morgan fingerprint density at radius 1 is 1.20 bits per heavy atom. The van der Waals surface area contributed by atoms with Gasteiger partial charge in [0, 0.05) is 25.6 Å². The summed E-state index contributed by atoms with van der Waals surface area (Å²) >= 11 is 0. The standard InChI is InChI=1S/C14H24N2O4/c17-12(13(18)19)7-8-15-14(20)16-9-3-5-10-4-1-2-6-11(10)16/h10-12,17H,1-9H2,(H,15,20)(H,18,19)/t10?,11?,12-/m0/s1. The molecule has 0 radical (unpaired) electrons. The number of nitrogens with one attached hydrogen (secondary N) is 1. The first kappa shape index (κ1) is 15.1. The fourth-order valence-corrected chi connectivity index (χ4v) is 3.42. The minimum Gasteiger partial charge on any atom is -0.479 e. The fraction of sp³-hybridized carbons (Fsp3) is 0.857. The quantitative estimate of drug-likeness (QED) is 0.723. The molecule has 0 spiro atoms. The zero-order valence-electron chi connectivity index (χ0n) is 11.8. The van der Waals surface area contributed by atoms with E-state index in [1.807, 2.05) is 4.90 Å². The number of nitrogens with zero attached hydrogens (tertiary/aromatic N) is 1. The molecule has 2 unspecified atom stereocenters. The molecule has 0 aromatic heterocycles. The summed E-state index contributed by atoms with van der Waals surface area (Å²) in [4.78, 5) is 24.6. The van der Waals surface area contributed by atoms with Crippen molar-refractivity contribution in [3.63, 3.8) is 0 Å². The molecular formula is C14H24N2O4. The number of aliphatic hydroxyl groups is 1. The first-order valence-electron chi connectivity index (χ1n) is 7.55. The van der Waals surface area contributed by atoms with Crippen molar-refractivity contribution in [2.45, 2.75) is 57.1 Å². The second-order valence-corrected chi connectivity index (χ2v) is 5.82. The average Bonchev–Trinajstić information content (AvgIpc) is 2.46. The Morgan fingerprint density at radius 3 is 2.65 bits per heavy atom. The van der Waals surface area contributed by atoms with Gasteiger partial charge in [0.15, 0.2) is 6.10 Å². The highest BCUT2D eigenvalue weighted by molar-refractivity contribution is 5.75. The third-order valence-electron chi connectivity index (χ3n) is 4.48. The highest BCUT2D eigenvalue weighted by Gasteiger charge is 2.35. The van der Waals surface area contributed by atoms with Crippen molar-refractivity contribution in [2.75, 3.05) is 13.1 Å². The number of fused-ring (bicyclic) bond motifs is 1. The first-order chi connectivity index (χ1) is 9.59. The summed E-state index contributed by atoms with van der Waals surface area (Å²) in [7, 11) is 0. The molecule has 3 atom stereocenters. The predicted molar refractivity (Wildman–Crippen MR) is 73.3 cm³/mol. The number of hydrogen-bond acceptors (Lipinski definition) is 3. The number of amides is 2. The van der Waals surface area contributed by atoms with Gasteiger partial charge >= 0.3 is 12.0 Å². The number of carbonyl (C=O) groups is 2. The molecule has 1 aliphatic heterocycles. The molecule has 114 valence electrons. The van der Waals surface area contributed by atoms with Crippen LogP contribution in [0.25, 0.3) is 0 Å². The van der Waals surface area contributed by atoms with Crippen molar-refractivity contribution in [1.82, 2.24) is 10.2 Å². The predicted octanol–water partition coefficient (Wildman–Crippen LogP) is 1.19. The van der Waals surface area contributed by atoms with E-state index in [-0.39, 0.29) is 19.0 Å². The van der Waals surface area contributed by atoms with Crippen LogP contribution in [0.4, 0.5) is 4.79 Å². The minimum absolute atomic E-state index is 0.0447. The summed E-state index contributed by atoms with van der Waals surface area (Å²) in [5.74, 6) is -0.613. The molecule has 2 aliphatic rings. The molecule has 2 rings (SSSR count). The summed E-state index contributed by atoms with van der Waals surface area (Å²) in [5.41, 5.74) is 0. The van der Waals surface area contributed by atoms with Crippen LogP contribution in [0.5, 0.6) is 0 Å². The van der Waals surface area contributed by atoms with E-state index in [1.165, 1.54) is 25.7 Å². The molecule has 0 aromatic carbocycles. The Balaban J connectivity index is 1.80. The fourth-order valence-electron chi connectivity index (χ4n) is 3.42. The van der Waals surface area contributed by atoms with Crippen molar-refractivity contribution in [2.24, 2.45) is 5.92 Å². The number of urea groups is 1. The highest BCUT2D eigenvalue weighted by Crippen LogP contribution is 2.35. The summed E-state index contributed by atoms with van der Waals surface area (Å²) in [5, 5.41) is 20.5. The molecule has 3 N–H and O–H groups in total. The van der Waals surface area contributed by atoms with Crippen LogP contribution in [0.3, 0.4) is 0 Å². The lowest BCUT2D eigenvalue weighted by Gasteiger charge is -2.44. The lowest BCUT2D eigenvalue weighted by atomic mass is 9.78. The smallest absolute Gasteiger partial charge is 0.332 e. The molecule has 6 heteroatoms. The van der Waals surface area contributed by atoms with E-state index in [9.17, 15) is 14.7 Å². The Labute approximate surface area is 119 Å². The van der Waals surface area contributed by atoms with E-state index in [2.05, 4.69) is 5.32 Å². The number of aliphatic carboxylic acids is 1. The largest absolute Gasteiger partial charge is 0.479 e. The molecule has 20 heavy (non-hydrogen) atoms. The number of carboxylic acid groups (broad SMARTS) is 1. The Kier molecular flexibility index (Phi) is 5.23. The molecule has 2 fully saturated rings. The maximum atomic E-state index is 12.2. The highest BCUT2D eigenvalue weighted by atomic mass is 16.4. The van der Waals surface area contributed by atoms with Gasteiger partial charge in [0.1, 0.15) is 0 Å². The Hall–Kier alpha value is -1.30. The van der Waals surface area contributed by atoms with Gasteiger partial charge in [0.05, 0.1) is 0 Å². The third kappa shape index (κ3) is 3.62. The summed E-state index contributed by atoms with van der Waals surface area (Å²) in [6.07, 6.45) is 5.65. The van der Waals surface area contributed by atoms with Crippen LogP contribution in [-0.2, 0) is 4.79 Å². The Morgan fingerprint density at radius 2 is 1.90 bits per heavy atom. The van der Waals surface area contributed by atoms with Gasteiger partial charge in [-0.15, -0.1) is 0 Å². The number of likely N-dealkylation sites (tertiary alicyclic amines) is 1.